The summed E-state index contributed by atoms with van der Waals surface area (Å²) in [6.07, 6.45) is 6.89. The van der Waals surface area contributed by atoms with Gasteiger partial charge in [-0.3, -0.25) is 4.98 Å². The number of hydroxylamine groups is 2. The van der Waals surface area contributed by atoms with Crippen molar-refractivity contribution in [1.29, 1.82) is 5.41 Å². The Balaban J connectivity index is 2.02. The standard InChI is InChI=1S/C22H35N3O3/c1-17(8-9-18(2)23)16-27-22(19-7-6-12-24-15-19)10-13-25(14-11-22)28-20(26)21(3,4)5/h6-7,12,15,17,23H,8-11,13-14,16H2,1-5H3. The molecule has 6 heteroatoms. The van der Waals surface area contributed by atoms with Gasteiger partial charge < -0.3 is 15.0 Å². The molecule has 0 bridgehead atoms. The molecule has 1 N–H and O–H groups in total. The van der Waals surface area contributed by atoms with Crippen LogP contribution in [0.4, 0.5) is 0 Å². The lowest BCUT2D eigenvalue weighted by atomic mass is 9.85. The summed E-state index contributed by atoms with van der Waals surface area (Å²) in [6.45, 7) is 11.5. The van der Waals surface area contributed by atoms with Crippen LogP contribution < -0.4 is 0 Å². The van der Waals surface area contributed by atoms with E-state index in [0.717, 1.165) is 31.2 Å². The molecule has 1 fully saturated rings. The molecule has 1 unspecified atom stereocenters. The highest BCUT2D eigenvalue weighted by atomic mass is 16.7. The third-order valence-corrected chi connectivity index (χ3v) is 5.20. The monoisotopic (exact) mass is 389 g/mol. The van der Waals surface area contributed by atoms with Crippen molar-refractivity contribution in [2.45, 2.75) is 65.9 Å². The summed E-state index contributed by atoms with van der Waals surface area (Å²) in [4.78, 5) is 22.0. The molecule has 0 spiro atoms. The van der Waals surface area contributed by atoms with Gasteiger partial charge in [0.1, 0.15) is 0 Å². The summed E-state index contributed by atoms with van der Waals surface area (Å²) in [5.41, 5.74) is 0.860. The van der Waals surface area contributed by atoms with Crippen molar-refractivity contribution in [3.63, 3.8) is 0 Å². The number of rotatable bonds is 8. The van der Waals surface area contributed by atoms with Crippen LogP contribution in [-0.4, -0.2) is 41.4 Å². The summed E-state index contributed by atoms with van der Waals surface area (Å²) in [5, 5.41) is 9.37. The first-order valence-corrected chi connectivity index (χ1v) is 10.2. The predicted octanol–water partition coefficient (Wildman–Crippen LogP) is 4.35. The lowest BCUT2D eigenvalue weighted by Crippen LogP contribution is -2.46. The molecule has 0 saturated carbocycles. The van der Waals surface area contributed by atoms with Crippen LogP contribution in [0.15, 0.2) is 24.5 Å². The highest BCUT2D eigenvalue weighted by molar-refractivity contribution is 5.78. The molecule has 0 radical (unpaired) electrons. The van der Waals surface area contributed by atoms with E-state index in [0.29, 0.717) is 31.3 Å². The van der Waals surface area contributed by atoms with E-state index in [1.165, 1.54) is 0 Å². The molecule has 0 aromatic carbocycles. The number of hydrogen-bond acceptors (Lipinski definition) is 6. The number of nitrogens with one attached hydrogen (secondary N) is 1. The zero-order valence-electron chi connectivity index (χ0n) is 18.0. The number of nitrogens with zero attached hydrogens (tertiary/aromatic N) is 2. The van der Waals surface area contributed by atoms with Crippen LogP contribution in [0.1, 0.15) is 65.9 Å². The van der Waals surface area contributed by atoms with E-state index in [-0.39, 0.29) is 5.97 Å². The second kappa shape index (κ2) is 9.61. The summed E-state index contributed by atoms with van der Waals surface area (Å²) in [6, 6.07) is 4.00. The molecule has 1 aliphatic rings. The molecule has 1 atom stereocenters. The van der Waals surface area contributed by atoms with Gasteiger partial charge in [0.15, 0.2) is 0 Å². The molecule has 0 aliphatic carbocycles. The van der Waals surface area contributed by atoms with Crippen molar-refractivity contribution in [1.82, 2.24) is 10.0 Å². The highest BCUT2D eigenvalue weighted by Gasteiger charge is 2.39. The quantitative estimate of drug-likeness (QED) is 0.669. The van der Waals surface area contributed by atoms with Crippen molar-refractivity contribution in [2.24, 2.45) is 11.3 Å². The first-order valence-electron chi connectivity index (χ1n) is 10.2. The van der Waals surface area contributed by atoms with Crippen molar-refractivity contribution in [3.05, 3.63) is 30.1 Å². The van der Waals surface area contributed by atoms with Crippen molar-refractivity contribution >= 4 is 11.7 Å². The smallest absolute Gasteiger partial charge is 0.330 e. The van der Waals surface area contributed by atoms with Gasteiger partial charge in [0.05, 0.1) is 17.6 Å². The van der Waals surface area contributed by atoms with Gasteiger partial charge in [-0.05, 0) is 65.4 Å². The van der Waals surface area contributed by atoms with E-state index in [1.54, 1.807) is 11.3 Å². The Labute approximate surface area is 169 Å². The number of ether oxygens (including phenoxy) is 1. The van der Waals surface area contributed by atoms with Gasteiger partial charge in [0, 0.05) is 36.8 Å². The van der Waals surface area contributed by atoms with E-state index in [9.17, 15) is 4.79 Å². The first kappa shape index (κ1) is 22.5. The summed E-state index contributed by atoms with van der Waals surface area (Å²) in [7, 11) is 0. The van der Waals surface area contributed by atoms with Crippen LogP contribution in [0.25, 0.3) is 0 Å². The van der Waals surface area contributed by atoms with Gasteiger partial charge in [0.25, 0.3) is 0 Å². The van der Waals surface area contributed by atoms with E-state index in [1.807, 2.05) is 40.0 Å². The molecule has 28 heavy (non-hydrogen) atoms. The van der Waals surface area contributed by atoms with Gasteiger partial charge in [-0.15, -0.1) is 5.06 Å². The zero-order chi connectivity index (χ0) is 20.8. The van der Waals surface area contributed by atoms with Gasteiger partial charge >= 0.3 is 5.97 Å². The molecule has 2 rings (SSSR count). The Kier molecular flexibility index (Phi) is 7.72. The summed E-state index contributed by atoms with van der Waals surface area (Å²) >= 11 is 0. The van der Waals surface area contributed by atoms with Gasteiger partial charge in [0.2, 0.25) is 0 Å². The van der Waals surface area contributed by atoms with Gasteiger partial charge in [-0.25, -0.2) is 4.79 Å². The molecule has 1 aromatic rings. The Morgan fingerprint density at radius 3 is 2.57 bits per heavy atom. The van der Waals surface area contributed by atoms with Crippen molar-refractivity contribution in [3.8, 4) is 0 Å². The fourth-order valence-corrected chi connectivity index (χ4v) is 3.19. The highest BCUT2D eigenvalue weighted by Crippen LogP contribution is 2.37. The van der Waals surface area contributed by atoms with E-state index < -0.39 is 11.0 Å². The Bertz CT molecular complexity index is 647. The van der Waals surface area contributed by atoms with Crippen LogP contribution in [-0.2, 0) is 20.0 Å². The molecule has 156 valence electrons. The maximum absolute atomic E-state index is 12.2. The fourth-order valence-electron chi connectivity index (χ4n) is 3.19. The molecule has 0 amide bonds. The topological polar surface area (TPSA) is 75.5 Å². The SMILES string of the molecule is CC(=N)CCC(C)COC1(c2cccnc2)CCN(OC(=O)C(C)(C)C)CC1. The minimum Gasteiger partial charge on any atom is -0.370 e. The lowest BCUT2D eigenvalue weighted by Gasteiger charge is -2.41. The maximum atomic E-state index is 12.2. The third-order valence-electron chi connectivity index (χ3n) is 5.20. The predicted molar refractivity (Wildman–Crippen MR) is 110 cm³/mol. The third kappa shape index (κ3) is 6.38. The Morgan fingerprint density at radius 2 is 2.04 bits per heavy atom. The lowest BCUT2D eigenvalue weighted by molar-refractivity contribution is -0.220. The zero-order valence-corrected chi connectivity index (χ0v) is 18.0. The average Bonchev–Trinajstić information content (AvgIpc) is 2.66. The molecular formula is C22H35N3O3. The van der Waals surface area contributed by atoms with E-state index >= 15 is 0 Å². The van der Waals surface area contributed by atoms with Crippen LogP contribution >= 0.6 is 0 Å². The first-order chi connectivity index (χ1) is 13.1. The molecule has 2 heterocycles. The van der Waals surface area contributed by atoms with Crippen LogP contribution in [0.3, 0.4) is 0 Å². The average molecular weight is 390 g/mol. The summed E-state index contributed by atoms with van der Waals surface area (Å²) in [5.74, 6) is 0.170. The fraction of sp³-hybridized carbons (Fsp3) is 0.682. The summed E-state index contributed by atoms with van der Waals surface area (Å²) < 4.78 is 6.49. The second-order valence-corrected chi connectivity index (χ2v) is 9.03. The number of pyridine rings is 1. The van der Waals surface area contributed by atoms with E-state index in [2.05, 4.69) is 18.0 Å². The maximum Gasteiger partial charge on any atom is 0.330 e. The van der Waals surface area contributed by atoms with Gasteiger partial charge in [-0.1, -0.05) is 13.0 Å². The number of hydrogen-bond donors (Lipinski definition) is 1. The molecule has 1 saturated heterocycles. The Morgan fingerprint density at radius 1 is 1.36 bits per heavy atom. The second-order valence-electron chi connectivity index (χ2n) is 9.03. The van der Waals surface area contributed by atoms with Crippen molar-refractivity contribution < 1.29 is 14.4 Å². The molecule has 1 aromatic heterocycles. The Hall–Kier alpha value is -1.79. The minimum absolute atomic E-state index is 0.210. The minimum atomic E-state index is -0.517. The van der Waals surface area contributed by atoms with E-state index in [4.69, 9.17) is 15.0 Å². The number of aromatic nitrogens is 1. The molecular weight excluding hydrogens is 354 g/mol. The normalized spacial score (nSPS) is 18.5. The van der Waals surface area contributed by atoms with Crippen LogP contribution in [0.2, 0.25) is 0 Å². The number of carbonyl (C=O) groups excluding carboxylic acids is 1. The van der Waals surface area contributed by atoms with Crippen LogP contribution in [0, 0.1) is 16.7 Å². The van der Waals surface area contributed by atoms with Gasteiger partial charge in [-0.2, -0.15) is 0 Å². The van der Waals surface area contributed by atoms with Crippen molar-refractivity contribution in [2.75, 3.05) is 19.7 Å². The molecule has 6 nitrogen and oxygen atoms in total. The number of piperidine rings is 1. The largest absolute Gasteiger partial charge is 0.370 e. The van der Waals surface area contributed by atoms with Crippen LogP contribution in [0.5, 0.6) is 0 Å². The molecule has 1 aliphatic heterocycles. The number of carbonyl (C=O) groups is 1.